The molecule has 1 aliphatic rings. The average Bonchev–Trinajstić information content (AvgIpc) is 3.11. The van der Waals surface area contributed by atoms with Gasteiger partial charge in [-0.25, -0.2) is 9.97 Å². The van der Waals surface area contributed by atoms with Crippen LogP contribution in [0.1, 0.15) is 17.0 Å². The highest BCUT2D eigenvalue weighted by atomic mass is 32.1. The number of rotatable bonds is 6. The van der Waals surface area contributed by atoms with E-state index in [4.69, 9.17) is 4.98 Å². The molecule has 0 radical (unpaired) electrons. The fourth-order valence-electron chi connectivity index (χ4n) is 3.50. The highest BCUT2D eigenvalue weighted by Crippen LogP contribution is 2.23. The van der Waals surface area contributed by atoms with Gasteiger partial charge in [-0.2, -0.15) is 0 Å². The van der Waals surface area contributed by atoms with Crippen LogP contribution >= 0.6 is 11.3 Å². The van der Waals surface area contributed by atoms with Crippen molar-refractivity contribution < 1.29 is 5.11 Å². The standard InChI is InChI=1S/C20H24N4OS/c25-15-16-5-3-9-21-20(16)24-13-11-23(12-14-24)10-4-8-19-22-17-6-1-2-7-18(17)26-19/h1-3,5-7,9,25H,4,8,10-15H2. The Labute approximate surface area is 157 Å². The van der Waals surface area contributed by atoms with Crippen molar-refractivity contribution in [2.45, 2.75) is 19.4 Å². The summed E-state index contributed by atoms with van der Waals surface area (Å²) in [7, 11) is 0. The number of aryl methyl sites for hydroxylation is 1. The van der Waals surface area contributed by atoms with E-state index >= 15 is 0 Å². The van der Waals surface area contributed by atoms with Crippen molar-refractivity contribution in [2.24, 2.45) is 0 Å². The number of piperazine rings is 1. The van der Waals surface area contributed by atoms with E-state index in [0.29, 0.717) is 0 Å². The lowest BCUT2D eigenvalue weighted by atomic mass is 10.2. The molecule has 1 fully saturated rings. The van der Waals surface area contributed by atoms with Crippen LogP contribution in [-0.2, 0) is 13.0 Å². The highest BCUT2D eigenvalue weighted by molar-refractivity contribution is 7.18. The van der Waals surface area contributed by atoms with E-state index < -0.39 is 0 Å². The van der Waals surface area contributed by atoms with Crippen LogP contribution in [-0.4, -0.2) is 52.7 Å². The summed E-state index contributed by atoms with van der Waals surface area (Å²) in [5.41, 5.74) is 2.04. The zero-order chi connectivity index (χ0) is 17.8. The maximum atomic E-state index is 9.50. The van der Waals surface area contributed by atoms with Crippen molar-refractivity contribution in [3.05, 3.63) is 53.2 Å². The number of aliphatic hydroxyl groups excluding tert-OH is 1. The fourth-order valence-corrected chi connectivity index (χ4v) is 4.51. The van der Waals surface area contributed by atoms with Crippen LogP contribution in [0.5, 0.6) is 0 Å². The van der Waals surface area contributed by atoms with Crippen LogP contribution in [0, 0.1) is 0 Å². The Morgan fingerprint density at radius 1 is 1.04 bits per heavy atom. The lowest BCUT2D eigenvalue weighted by molar-refractivity contribution is 0.252. The van der Waals surface area contributed by atoms with Crippen LogP contribution in [0.15, 0.2) is 42.6 Å². The van der Waals surface area contributed by atoms with Crippen LogP contribution < -0.4 is 4.90 Å². The van der Waals surface area contributed by atoms with Crippen molar-refractivity contribution in [3.63, 3.8) is 0 Å². The molecule has 3 aromatic rings. The van der Waals surface area contributed by atoms with Gasteiger partial charge < -0.3 is 10.0 Å². The molecule has 0 amide bonds. The minimum Gasteiger partial charge on any atom is -0.392 e. The second-order valence-electron chi connectivity index (χ2n) is 6.65. The van der Waals surface area contributed by atoms with E-state index in [1.165, 1.54) is 9.71 Å². The Morgan fingerprint density at radius 3 is 2.69 bits per heavy atom. The molecule has 26 heavy (non-hydrogen) atoms. The summed E-state index contributed by atoms with van der Waals surface area (Å²) in [6.45, 7) is 5.17. The van der Waals surface area contributed by atoms with Gasteiger partial charge in [-0.1, -0.05) is 18.2 Å². The Bertz CT molecular complexity index is 825. The third-order valence-electron chi connectivity index (χ3n) is 4.91. The van der Waals surface area contributed by atoms with E-state index in [9.17, 15) is 5.11 Å². The number of fused-ring (bicyclic) bond motifs is 1. The van der Waals surface area contributed by atoms with Gasteiger partial charge in [0.1, 0.15) is 5.82 Å². The molecule has 4 rings (SSSR count). The third-order valence-corrected chi connectivity index (χ3v) is 6.01. The first-order chi connectivity index (χ1) is 12.8. The Balaban J connectivity index is 1.26. The van der Waals surface area contributed by atoms with E-state index in [0.717, 1.165) is 62.5 Å². The average molecular weight is 369 g/mol. The van der Waals surface area contributed by atoms with Crippen molar-refractivity contribution in [2.75, 3.05) is 37.6 Å². The van der Waals surface area contributed by atoms with Gasteiger partial charge in [0.25, 0.3) is 0 Å². The topological polar surface area (TPSA) is 52.5 Å². The van der Waals surface area contributed by atoms with Gasteiger partial charge in [-0.05, 0) is 31.2 Å². The number of anilines is 1. The maximum Gasteiger partial charge on any atom is 0.134 e. The molecule has 5 nitrogen and oxygen atoms in total. The van der Waals surface area contributed by atoms with Gasteiger partial charge in [0.2, 0.25) is 0 Å². The molecule has 1 aliphatic heterocycles. The number of aliphatic hydroxyl groups is 1. The lowest BCUT2D eigenvalue weighted by Crippen LogP contribution is -2.47. The molecule has 1 N–H and O–H groups in total. The monoisotopic (exact) mass is 368 g/mol. The second kappa shape index (κ2) is 8.12. The molecule has 2 aromatic heterocycles. The Morgan fingerprint density at radius 2 is 1.88 bits per heavy atom. The second-order valence-corrected chi connectivity index (χ2v) is 7.77. The first kappa shape index (κ1) is 17.4. The first-order valence-corrected chi connectivity index (χ1v) is 10.0. The summed E-state index contributed by atoms with van der Waals surface area (Å²) in [6.07, 6.45) is 4.00. The summed E-state index contributed by atoms with van der Waals surface area (Å²) in [5.74, 6) is 0.934. The third kappa shape index (κ3) is 3.87. The molecule has 1 saturated heterocycles. The van der Waals surface area contributed by atoms with Crippen LogP contribution in [0.4, 0.5) is 5.82 Å². The van der Waals surface area contributed by atoms with Gasteiger partial charge in [-0.15, -0.1) is 11.3 Å². The summed E-state index contributed by atoms with van der Waals surface area (Å²) >= 11 is 1.82. The number of hydrogen-bond donors (Lipinski definition) is 1. The molecule has 0 atom stereocenters. The summed E-state index contributed by atoms with van der Waals surface area (Å²) in [5, 5.41) is 10.7. The summed E-state index contributed by atoms with van der Waals surface area (Å²) < 4.78 is 1.28. The van der Waals surface area contributed by atoms with Crippen LogP contribution in [0.3, 0.4) is 0 Å². The van der Waals surface area contributed by atoms with Gasteiger partial charge in [0.15, 0.2) is 0 Å². The molecular formula is C20H24N4OS. The van der Waals surface area contributed by atoms with Gasteiger partial charge in [0.05, 0.1) is 21.8 Å². The molecule has 6 heteroatoms. The van der Waals surface area contributed by atoms with E-state index in [-0.39, 0.29) is 6.61 Å². The number of pyridine rings is 1. The predicted molar refractivity (Wildman–Crippen MR) is 107 cm³/mol. The molecule has 0 aliphatic carbocycles. The fraction of sp³-hybridized carbons (Fsp3) is 0.400. The quantitative estimate of drug-likeness (QED) is 0.725. The SMILES string of the molecule is OCc1cccnc1N1CCN(CCCc2nc3ccccc3s2)CC1. The van der Waals surface area contributed by atoms with Gasteiger partial charge >= 0.3 is 0 Å². The molecule has 0 bridgehead atoms. The Hall–Kier alpha value is -2.02. The lowest BCUT2D eigenvalue weighted by Gasteiger charge is -2.36. The number of aromatic nitrogens is 2. The van der Waals surface area contributed by atoms with Gasteiger partial charge in [0, 0.05) is 44.4 Å². The molecule has 0 saturated carbocycles. The number of para-hydroxylation sites is 1. The molecule has 0 spiro atoms. The van der Waals surface area contributed by atoms with Crippen molar-refractivity contribution in [1.29, 1.82) is 0 Å². The summed E-state index contributed by atoms with van der Waals surface area (Å²) in [4.78, 5) is 14.0. The van der Waals surface area contributed by atoms with E-state index in [2.05, 4.69) is 39.0 Å². The maximum absolute atomic E-state index is 9.50. The molecular weight excluding hydrogens is 344 g/mol. The molecule has 136 valence electrons. The van der Waals surface area contributed by atoms with Gasteiger partial charge in [-0.3, -0.25) is 4.90 Å². The zero-order valence-corrected chi connectivity index (χ0v) is 15.7. The predicted octanol–water partition coefficient (Wildman–Crippen LogP) is 2.94. The smallest absolute Gasteiger partial charge is 0.134 e. The minimum absolute atomic E-state index is 0.0472. The highest BCUT2D eigenvalue weighted by Gasteiger charge is 2.19. The molecule has 1 aromatic carbocycles. The zero-order valence-electron chi connectivity index (χ0n) is 14.8. The number of benzene rings is 1. The molecule has 0 unspecified atom stereocenters. The Kier molecular flexibility index (Phi) is 5.43. The van der Waals surface area contributed by atoms with Crippen LogP contribution in [0.2, 0.25) is 0 Å². The largest absolute Gasteiger partial charge is 0.392 e. The number of hydrogen-bond acceptors (Lipinski definition) is 6. The van der Waals surface area contributed by atoms with Crippen molar-refractivity contribution >= 4 is 27.4 Å². The number of nitrogens with zero attached hydrogens (tertiary/aromatic N) is 4. The van der Waals surface area contributed by atoms with E-state index in [1.54, 1.807) is 6.20 Å². The van der Waals surface area contributed by atoms with Crippen LogP contribution in [0.25, 0.3) is 10.2 Å². The normalized spacial score (nSPS) is 15.7. The van der Waals surface area contributed by atoms with Crippen molar-refractivity contribution in [3.8, 4) is 0 Å². The van der Waals surface area contributed by atoms with E-state index in [1.807, 2.05) is 23.5 Å². The summed E-state index contributed by atoms with van der Waals surface area (Å²) in [6, 6.07) is 12.2. The number of thiazole rings is 1. The van der Waals surface area contributed by atoms with Crippen molar-refractivity contribution in [1.82, 2.24) is 14.9 Å². The first-order valence-electron chi connectivity index (χ1n) is 9.20. The molecule has 3 heterocycles. The minimum atomic E-state index is 0.0472.